The molecule has 0 fully saturated rings. The summed E-state index contributed by atoms with van der Waals surface area (Å²) in [6.45, 7) is 4.87. The van der Waals surface area contributed by atoms with Crippen LogP contribution in [0.4, 0.5) is 0 Å². The number of carbonyl (C=O) groups is 2. The van der Waals surface area contributed by atoms with E-state index in [1.54, 1.807) is 6.08 Å². The highest BCUT2D eigenvalue weighted by atomic mass is 16.5. The second-order valence-corrected chi connectivity index (χ2v) is 18.6. The molecule has 0 aromatic heterocycles. The second-order valence-electron chi connectivity index (χ2n) is 18.6. The van der Waals surface area contributed by atoms with E-state index in [1.807, 2.05) is 6.08 Å². The fourth-order valence-corrected chi connectivity index (χ4v) is 8.27. The van der Waals surface area contributed by atoms with Crippen LogP contribution in [-0.2, 0) is 14.3 Å². The third-order valence-electron chi connectivity index (χ3n) is 12.5. The Morgan fingerprint density at radius 3 is 1.20 bits per heavy atom. The standard InChI is InChI=1S/C55H105NO5/c1-3-5-7-9-11-13-15-17-18-21-24-27-31-35-39-43-47-53(58)52(51-57)56-54(59)48-44-40-36-32-28-25-22-19-20-23-26-30-34-38-42-46-50-61-55(60)49-45-41-37-33-29-16-14-12-10-8-6-4-2/h12,14,43,47,52-53,57-58H,3-11,13,15-42,44-46,48-51H2,1-2H3,(H,56,59)/b14-12-,47-43+. The van der Waals surface area contributed by atoms with Gasteiger partial charge in [-0.15, -0.1) is 0 Å². The summed E-state index contributed by atoms with van der Waals surface area (Å²) in [5.74, 6) is -0.0820. The molecule has 0 bridgehead atoms. The summed E-state index contributed by atoms with van der Waals surface area (Å²) in [6, 6.07) is -0.633. The molecule has 6 nitrogen and oxygen atoms in total. The highest BCUT2D eigenvalue weighted by molar-refractivity contribution is 5.76. The normalized spacial score (nSPS) is 12.8. The lowest BCUT2D eigenvalue weighted by atomic mass is 10.0. The number of hydrogen-bond acceptors (Lipinski definition) is 5. The van der Waals surface area contributed by atoms with Crippen LogP contribution in [0, 0.1) is 0 Å². The topological polar surface area (TPSA) is 95.9 Å². The minimum atomic E-state index is -0.849. The highest BCUT2D eigenvalue weighted by Gasteiger charge is 2.18. The predicted molar refractivity (Wildman–Crippen MR) is 264 cm³/mol. The first-order valence-corrected chi connectivity index (χ1v) is 27.1. The minimum absolute atomic E-state index is 0.00801. The average molecular weight is 860 g/mol. The molecule has 0 heterocycles. The van der Waals surface area contributed by atoms with Crippen molar-refractivity contribution in [3.05, 3.63) is 24.3 Å². The summed E-state index contributed by atoms with van der Waals surface area (Å²) in [4.78, 5) is 24.4. The number of amides is 1. The van der Waals surface area contributed by atoms with Crippen molar-refractivity contribution < 1.29 is 24.5 Å². The molecule has 1 amide bonds. The number of nitrogens with one attached hydrogen (secondary N) is 1. The van der Waals surface area contributed by atoms with Crippen LogP contribution in [0.2, 0.25) is 0 Å². The maximum Gasteiger partial charge on any atom is 0.305 e. The first-order chi connectivity index (χ1) is 30.0. The number of carbonyl (C=O) groups excluding carboxylic acids is 2. The Morgan fingerprint density at radius 1 is 0.443 bits per heavy atom. The van der Waals surface area contributed by atoms with Gasteiger partial charge in [-0.25, -0.2) is 0 Å². The van der Waals surface area contributed by atoms with E-state index in [9.17, 15) is 19.8 Å². The monoisotopic (exact) mass is 860 g/mol. The lowest BCUT2D eigenvalue weighted by molar-refractivity contribution is -0.143. The Labute approximate surface area is 380 Å². The zero-order chi connectivity index (χ0) is 44.4. The number of unbranched alkanes of at least 4 members (excludes halogenated alkanes) is 37. The molecular weight excluding hydrogens is 755 g/mol. The zero-order valence-electron chi connectivity index (χ0n) is 40.9. The molecule has 2 atom stereocenters. The summed E-state index contributed by atoms with van der Waals surface area (Å²) in [7, 11) is 0. The molecule has 6 heteroatoms. The van der Waals surface area contributed by atoms with Crippen molar-refractivity contribution in [2.24, 2.45) is 0 Å². The van der Waals surface area contributed by atoms with Crippen molar-refractivity contribution in [1.29, 1.82) is 0 Å². The number of esters is 1. The van der Waals surface area contributed by atoms with Crippen LogP contribution in [0.1, 0.15) is 290 Å². The van der Waals surface area contributed by atoms with Gasteiger partial charge >= 0.3 is 5.97 Å². The molecule has 0 aliphatic rings. The van der Waals surface area contributed by atoms with Gasteiger partial charge in [0.15, 0.2) is 0 Å². The molecule has 61 heavy (non-hydrogen) atoms. The van der Waals surface area contributed by atoms with Gasteiger partial charge in [0.05, 0.1) is 25.4 Å². The second kappa shape index (κ2) is 51.0. The lowest BCUT2D eigenvalue weighted by Crippen LogP contribution is -2.45. The quantitative estimate of drug-likeness (QED) is 0.0322. The van der Waals surface area contributed by atoms with Crippen molar-refractivity contribution >= 4 is 11.9 Å². The molecule has 3 N–H and O–H groups in total. The first-order valence-electron chi connectivity index (χ1n) is 27.1. The Bertz CT molecular complexity index is 951. The molecule has 2 unspecified atom stereocenters. The van der Waals surface area contributed by atoms with Crippen molar-refractivity contribution in [1.82, 2.24) is 5.32 Å². The maximum absolute atomic E-state index is 12.4. The third kappa shape index (κ3) is 47.7. The third-order valence-corrected chi connectivity index (χ3v) is 12.5. The molecule has 0 radical (unpaired) electrons. The fourth-order valence-electron chi connectivity index (χ4n) is 8.27. The van der Waals surface area contributed by atoms with Gasteiger partial charge in [0.25, 0.3) is 0 Å². The maximum atomic E-state index is 12.4. The molecule has 0 aromatic carbocycles. The van der Waals surface area contributed by atoms with Crippen LogP contribution in [-0.4, -0.2) is 47.4 Å². The fraction of sp³-hybridized carbons (Fsp3) is 0.891. The van der Waals surface area contributed by atoms with Gasteiger partial charge in [-0.2, -0.15) is 0 Å². The molecule has 0 saturated heterocycles. The van der Waals surface area contributed by atoms with Crippen LogP contribution in [0.25, 0.3) is 0 Å². The molecule has 0 rings (SSSR count). The summed E-state index contributed by atoms with van der Waals surface area (Å²) < 4.78 is 5.45. The van der Waals surface area contributed by atoms with E-state index < -0.39 is 12.1 Å². The molecule has 360 valence electrons. The Balaban J connectivity index is 3.47. The summed E-state index contributed by atoms with van der Waals surface area (Å²) >= 11 is 0. The van der Waals surface area contributed by atoms with Crippen LogP contribution < -0.4 is 5.32 Å². The SMILES string of the molecule is CCCCC/C=C\CCCCCCCC(=O)OCCCCCCCCCCCCCCCCCCC(=O)NC(CO)C(O)/C=C/CCCCCCCCCCCCCCCC. The van der Waals surface area contributed by atoms with Gasteiger partial charge in [-0.05, 0) is 57.8 Å². The molecule has 0 aromatic rings. The van der Waals surface area contributed by atoms with E-state index in [-0.39, 0.29) is 18.5 Å². The van der Waals surface area contributed by atoms with Gasteiger partial charge in [-0.3, -0.25) is 9.59 Å². The average Bonchev–Trinajstić information content (AvgIpc) is 3.26. The minimum Gasteiger partial charge on any atom is -0.466 e. The smallest absolute Gasteiger partial charge is 0.305 e. The van der Waals surface area contributed by atoms with Crippen molar-refractivity contribution in [2.75, 3.05) is 13.2 Å². The van der Waals surface area contributed by atoms with Crippen molar-refractivity contribution in [2.45, 2.75) is 302 Å². The lowest BCUT2D eigenvalue weighted by Gasteiger charge is -2.20. The van der Waals surface area contributed by atoms with Crippen molar-refractivity contribution in [3.63, 3.8) is 0 Å². The van der Waals surface area contributed by atoms with Gasteiger partial charge in [0.1, 0.15) is 0 Å². The van der Waals surface area contributed by atoms with E-state index in [0.717, 1.165) is 44.9 Å². The Morgan fingerprint density at radius 2 is 0.770 bits per heavy atom. The van der Waals surface area contributed by atoms with Crippen LogP contribution in [0.15, 0.2) is 24.3 Å². The first kappa shape index (κ1) is 59.3. The molecular formula is C55H105NO5. The number of rotatable bonds is 50. The summed E-state index contributed by atoms with van der Waals surface area (Å²) in [5.41, 5.74) is 0. The number of hydrogen-bond donors (Lipinski definition) is 3. The Hall–Kier alpha value is -1.66. The summed E-state index contributed by atoms with van der Waals surface area (Å²) in [5, 5.41) is 23.1. The number of aliphatic hydroxyl groups excluding tert-OH is 2. The molecule has 0 aliphatic carbocycles. The zero-order valence-corrected chi connectivity index (χ0v) is 40.9. The number of aliphatic hydroxyl groups is 2. The van der Waals surface area contributed by atoms with Gasteiger partial charge < -0.3 is 20.3 Å². The van der Waals surface area contributed by atoms with Gasteiger partial charge in [-0.1, -0.05) is 244 Å². The molecule has 0 aliphatic heterocycles. The highest BCUT2D eigenvalue weighted by Crippen LogP contribution is 2.16. The van der Waals surface area contributed by atoms with E-state index in [1.165, 1.54) is 218 Å². The molecule has 0 saturated carbocycles. The van der Waals surface area contributed by atoms with E-state index in [2.05, 4.69) is 31.3 Å². The van der Waals surface area contributed by atoms with Crippen LogP contribution >= 0.6 is 0 Å². The summed E-state index contributed by atoms with van der Waals surface area (Å²) in [6.07, 6.45) is 60.4. The molecule has 0 spiro atoms. The van der Waals surface area contributed by atoms with Crippen LogP contribution in [0.5, 0.6) is 0 Å². The van der Waals surface area contributed by atoms with Crippen molar-refractivity contribution in [3.8, 4) is 0 Å². The van der Waals surface area contributed by atoms with Crippen LogP contribution in [0.3, 0.4) is 0 Å². The number of ether oxygens (including phenoxy) is 1. The van der Waals surface area contributed by atoms with E-state index in [4.69, 9.17) is 4.74 Å². The van der Waals surface area contributed by atoms with Gasteiger partial charge in [0, 0.05) is 12.8 Å². The predicted octanol–water partition coefficient (Wildman–Crippen LogP) is 16.3. The largest absolute Gasteiger partial charge is 0.466 e. The Kier molecular flexibility index (Phi) is 49.6. The van der Waals surface area contributed by atoms with E-state index in [0.29, 0.717) is 19.4 Å². The van der Waals surface area contributed by atoms with Gasteiger partial charge in [0.2, 0.25) is 5.91 Å². The number of allylic oxidation sites excluding steroid dienone is 3. The van der Waals surface area contributed by atoms with E-state index >= 15 is 0 Å².